The van der Waals surface area contributed by atoms with Crippen LogP contribution in [0.15, 0.2) is 0 Å². The van der Waals surface area contributed by atoms with Crippen molar-refractivity contribution in [1.82, 2.24) is 4.90 Å². The molecule has 7 heteroatoms. The maximum atomic E-state index is 11.8. The van der Waals surface area contributed by atoms with Gasteiger partial charge < -0.3 is 10.0 Å². The van der Waals surface area contributed by atoms with Crippen LogP contribution in [0, 0.1) is 5.92 Å². The molecule has 1 amide bonds. The van der Waals surface area contributed by atoms with E-state index in [1.807, 2.05) is 13.8 Å². The molecule has 0 aromatic carbocycles. The van der Waals surface area contributed by atoms with Gasteiger partial charge in [-0.15, -0.1) is 0 Å². The molecule has 0 bridgehead atoms. The average Bonchev–Trinajstić information content (AvgIpc) is 2.13. The van der Waals surface area contributed by atoms with Crippen LogP contribution < -0.4 is 0 Å². The highest BCUT2D eigenvalue weighted by atomic mass is 32.2. The molecule has 0 aromatic rings. The lowest BCUT2D eigenvalue weighted by Crippen LogP contribution is -2.42. The van der Waals surface area contributed by atoms with Gasteiger partial charge in [0.2, 0.25) is 5.91 Å². The summed E-state index contributed by atoms with van der Waals surface area (Å²) in [6, 6.07) is 0. The first-order chi connectivity index (χ1) is 8.06. The van der Waals surface area contributed by atoms with E-state index in [2.05, 4.69) is 0 Å². The molecule has 0 spiro atoms. The first kappa shape index (κ1) is 16.9. The Labute approximate surface area is 108 Å². The summed E-state index contributed by atoms with van der Waals surface area (Å²) in [4.78, 5) is 23.5. The lowest BCUT2D eigenvalue weighted by molar-refractivity contribution is -0.143. The molecule has 18 heavy (non-hydrogen) atoms. The zero-order chi connectivity index (χ0) is 14.5. The molecule has 0 aliphatic carbocycles. The van der Waals surface area contributed by atoms with Crippen molar-refractivity contribution in [2.24, 2.45) is 5.92 Å². The predicted molar refractivity (Wildman–Crippen MR) is 68.0 cm³/mol. The highest BCUT2D eigenvalue weighted by Crippen LogP contribution is 2.05. The zero-order valence-electron chi connectivity index (χ0n) is 11.2. The largest absolute Gasteiger partial charge is 0.480 e. The second-order valence-corrected chi connectivity index (χ2v) is 7.48. The molecule has 0 fully saturated rings. The number of carboxylic acid groups (broad SMARTS) is 1. The van der Waals surface area contributed by atoms with Gasteiger partial charge in [0.05, 0.1) is 5.25 Å². The molecule has 0 saturated carbocycles. The molecule has 0 aliphatic rings. The summed E-state index contributed by atoms with van der Waals surface area (Å²) >= 11 is 0. The number of hydrogen-bond acceptors (Lipinski definition) is 4. The predicted octanol–water partition coefficient (Wildman–Crippen LogP) is 0.379. The Hall–Kier alpha value is -1.11. The van der Waals surface area contributed by atoms with Gasteiger partial charge in [-0.1, -0.05) is 13.8 Å². The van der Waals surface area contributed by atoms with Crippen LogP contribution in [-0.2, 0) is 19.4 Å². The Balaban J connectivity index is 4.81. The van der Waals surface area contributed by atoms with E-state index < -0.39 is 39.3 Å². The van der Waals surface area contributed by atoms with Gasteiger partial charge in [0.25, 0.3) is 0 Å². The summed E-state index contributed by atoms with van der Waals surface area (Å²) in [5, 5.41) is 8.06. The lowest BCUT2D eigenvalue weighted by atomic mass is 10.2. The van der Waals surface area contributed by atoms with Crippen LogP contribution in [0.5, 0.6) is 0 Å². The highest BCUT2D eigenvalue weighted by molar-refractivity contribution is 7.92. The smallest absolute Gasteiger partial charge is 0.323 e. The third kappa shape index (κ3) is 6.00. The van der Waals surface area contributed by atoms with Gasteiger partial charge in [0, 0.05) is 6.54 Å². The maximum Gasteiger partial charge on any atom is 0.323 e. The van der Waals surface area contributed by atoms with Crippen molar-refractivity contribution in [3.8, 4) is 0 Å². The number of nitrogens with zero attached hydrogens (tertiary/aromatic N) is 1. The van der Waals surface area contributed by atoms with E-state index in [4.69, 9.17) is 5.11 Å². The van der Waals surface area contributed by atoms with E-state index in [0.717, 1.165) is 4.90 Å². The molecule has 0 atom stereocenters. The van der Waals surface area contributed by atoms with Gasteiger partial charge in [-0.05, 0) is 19.8 Å². The minimum atomic E-state index is -3.50. The van der Waals surface area contributed by atoms with E-state index >= 15 is 0 Å². The van der Waals surface area contributed by atoms with Crippen molar-refractivity contribution in [2.75, 3.05) is 18.8 Å². The van der Waals surface area contributed by atoms with Crippen molar-refractivity contribution < 1.29 is 23.1 Å². The third-order valence-corrected chi connectivity index (χ3v) is 4.39. The van der Waals surface area contributed by atoms with Gasteiger partial charge in [0.1, 0.15) is 12.3 Å². The molecular formula is C11H21NO5S. The van der Waals surface area contributed by atoms with Crippen LogP contribution in [-0.4, -0.2) is 54.4 Å². The molecular weight excluding hydrogens is 258 g/mol. The average molecular weight is 279 g/mol. The fourth-order valence-electron chi connectivity index (χ4n) is 1.29. The van der Waals surface area contributed by atoms with Crippen molar-refractivity contribution in [1.29, 1.82) is 0 Å². The topological polar surface area (TPSA) is 91.8 Å². The number of amides is 1. The van der Waals surface area contributed by atoms with Crippen LogP contribution in [0.1, 0.15) is 27.7 Å². The van der Waals surface area contributed by atoms with Crippen molar-refractivity contribution in [3.05, 3.63) is 0 Å². The van der Waals surface area contributed by atoms with Crippen molar-refractivity contribution in [3.63, 3.8) is 0 Å². The van der Waals surface area contributed by atoms with Crippen molar-refractivity contribution >= 4 is 21.7 Å². The van der Waals surface area contributed by atoms with Gasteiger partial charge >= 0.3 is 5.97 Å². The summed E-state index contributed by atoms with van der Waals surface area (Å²) in [6.07, 6.45) is 0. The first-order valence-corrected chi connectivity index (χ1v) is 7.49. The molecule has 0 rings (SSSR count). The van der Waals surface area contributed by atoms with Gasteiger partial charge in [-0.2, -0.15) is 0 Å². The number of sulfone groups is 1. The number of carbonyl (C=O) groups excluding carboxylic acids is 1. The Morgan fingerprint density at radius 2 is 1.67 bits per heavy atom. The summed E-state index contributed by atoms with van der Waals surface area (Å²) in [5.74, 6) is -2.36. The molecule has 6 nitrogen and oxygen atoms in total. The number of carboxylic acids is 1. The normalized spacial score (nSPS) is 11.9. The van der Waals surface area contributed by atoms with E-state index in [-0.39, 0.29) is 12.5 Å². The molecule has 0 unspecified atom stereocenters. The Bertz CT molecular complexity index is 400. The van der Waals surface area contributed by atoms with Crippen LogP contribution >= 0.6 is 0 Å². The zero-order valence-corrected chi connectivity index (χ0v) is 12.0. The Morgan fingerprint density at radius 1 is 1.17 bits per heavy atom. The molecule has 0 saturated heterocycles. The van der Waals surface area contributed by atoms with Crippen LogP contribution in [0.3, 0.4) is 0 Å². The fourth-order valence-corrected chi connectivity index (χ4v) is 2.15. The molecule has 0 aromatic heterocycles. The minimum absolute atomic E-state index is 0.0788. The van der Waals surface area contributed by atoms with Gasteiger partial charge in [0.15, 0.2) is 9.84 Å². The minimum Gasteiger partial charge on any atom is -0.480 e. The second-order valence-electron chi connectivity index (χ2n) is 4.92. The molecule has 0 heterocycles. The standard InChI is InChI=1S/C11H21NO5S/c1-8(2)5-12(6-11(14)15)10(13)7-18(16,17)9(3)4/h8-9H,5-7H2,1-4H3,(H,14,15). The monoisotopic (exact) mass is 279 g/mol. The van der Waals surface area contributed by atoms with E-state index in [1.165, 1.54) is 13.8 Å². The number of aliphatic carboxylic acids is 1. The maximum absolute atomic E-state index is 11.8. The summed E-state index contributed by atoms with van der Waals surface area (Å²) in [5.41, 5.74) is 0. The second kappa shape index (κ2) is 6.72. The number of hydrogen-bond donors (Lipinski definition) is 1. The summed E-state index contributed by atoms with van der Waals surface area (Å²) in [6.45, 7) is 6.42. The summed E-state index contributed by atoms with van der Waals surface area (Å²) in [7, 11) is -3.50. The quantitative estimate of drug-likeness (QED) is 0.727. The number of carbonyl (C=O) groups is 2. The van der Waals surface area contributed by atoms with Crippen LogP contribution in [0.2, 0.25) is 0 Å². The van der Waals surface area contributed by atoms with Gasteiger partial charge in [-0.25, -0.2) is 8.42 Å². The van der Waals surface area contributed by atoms with Crippen molar-refractivity contribution in [2.45, 2.75) is 32.9 Å². The first-order valence-electron chi connectivity index (χ1n) is 5.77. The van der Waals surface area contributed by atoms with Crippen LogP contribution in [0.4, 0.5) is 0 Å². The lowest BCUT2D eigenvalue weighted by Gasteiger charge is -2.23. The third-order valence-electron chi connectivity index (χ3n) is 2.31. The van der Waals surface area contributed by atoms with E-state index in [0.29, 0.717) is 0 Å². The molecule has 0 radical (unpaired) electrons. The molecule has 1 N–H and O–H groups in total. The van der Waals surface area contributed by atoms with E-state index in [1.54, 1.807) is 0 Å². The fraction of sp³-hybridized carbons (Fsp3) is 0.818. The Kier molecular flexibility index (Phi) is 6.31. The van der Waals surface area contributed by atoms with E-state index in [9.17, 15) is 18.0 Å². The van der Waals surface area contributed by atoms with Crippen LogP contribution in [0.25, 0.3) is 0 Å². The Morgan fingerprint density at radius 3 is 2.00 bits per heavy atom. The SMILES string of the molecule is CC(C)CN(CC(=O)O)C(=O)CS(=O)(=O)C(C)C. The molecule has 0 aliphatic heterocycles. The highest BCUT2D eigenvalue weighted by Gasteiger charge is 2.26. The van der Waals surface area contributed by atoms with Gasteiger partial charge in [-0.3, -0.25) is 9.59 Å². The molecule has 106 valence electrons. The summed E-state index contributed by atoms with van der Waals surface area (Å²) < 4.78 is 23.2. The number of rotatable bonds is 7.